The molecule has 1 saturated heterocycles. The van der Waals surface area contributed by atoms with Crippen LogP contribution in [0.1, 0.15) is 24.8 Å². The molecule has 2 bridgehead atoms. The van der Waals surface area contributed by atoms with E-state index in [0.717, 1.165) is 24.8 Å². The molecule has 0 unspecified atom stereocenters. The lowest BCUT2D eigenvalue weighted by Gasteiger charge is -2.35. The second-order valence-electron chi connectivity index (χ2n) is 5.80. The fraction of sp³-hybridized carbons (Fsp3) is 0.467. The lowest BCUT2D eigenvalue weighted by Crippen LogP contribution is -2.44. The van der Waals surface area contributed by atoms with E-state index >= 15 is 0 Å². The summed E-state index contributed by atoms with van der Waals surface area (Å²) < 4.78 is 0. The lowest BCUT2D eigenvalue weighted by molar-refractivity contribution is -0.127. The van der Waals surface area contributed by atoms with Crippen molar-refractivity contribution in [2.24, 2.45) is 17.8 Å². The summed E-state index contributed by atoms with van der Waals surface area (Å²) in [5, 5.41) is 2.58. The number of benzene rings is 1. The molecule has 1 aromatic rings. The summed E-state index contributed by atoms with van der Waals surface area (Å²) in [4.78, 5) is 24.5. The molecule has 4 rings (SSSR count). The Morgan fingerprint density at radius 3 is 2.67 bits per heavy atom. The Bertz CT molecular complexity index is 539. The van der Waals surface area contributed by atoms with Crippen molar-refractivity contribution in [2.75, 3.05) is 0 Å². The van der Waals surface area contributed by atoms with Gasteiger partial charge < -0.3 is 0 Å². The molecule has 92 valence electrons. The highest BCUT2D eigenvalue weighted by Crippen LogP contribution is 2.62. The SMILES string of the molecule is O=C1NC(=O)[C@@]2(c3ccccc3)[C@H]3CC[C@H](C3)[C@@H]12. The first kappa shape index (κ1) is 10.3. The van der Waals surface area contributed by atoms with Crippen molar-refractivity contribution >= 4 is 11.8 Å². The highest BCUT2D eigenvalue weighted by Gasteiger charge is 2.68. The normalized spacial score (nSPS) is 41.0. The second kappa shape index (κ2) is 3.22. The average Bonchev–Trinajstić information content (AvgIpc) is 3.03. The Labute approximate surface area is 106 Å². The molecule has 3 heteroatoms. The van der Waals surface area contributed by atoms with E-state index in [0.29, 0.717) is 11.8 Å². The number of nitrogens with one attached hydrogen (secondary N) is 1. The van der Waals surface area contributed by atoms with Crippen molar-refractivity contribution in [1.82, 2.24) is 5.32 Å². The summed E-state index contributed by atoms with van der Waals surface area (Å²) in [6, 6.07) is 9.89. The Morgan fingerprint density at radius 2 is 1.89 bits per heavy atom. The van der Waals surface area contributed by atoms with Gasteiger partial charge in [-0.05, 0) is 36.7 Å². The molecule has 18 heavy (non-hydrogen) atoms. The van der Waals surface area contributed by atoms with E-state index in [-0.39, 0.29) is 17.7 Å². The molecule has 3 nitrogen and oxygen atoms in total. The molecular weight excluding hydrogens is 226 g/mol. The lowest BCUT2D eigenvalue weighted by atomic mass is 9.63. The molecular formula is C15H15NO2. The Kier molecular flexibility index (Phi) is 1.84. The molecule has 1 aliphatic heterocycles. The number of carbonyl (C=O) groups is 2. The van der Waals surface area contributed by atoms with Gasteiger partial charge in [0.05, 0.1) is 11.3 Å². The third-order valence-electron chi connectivity index (χ3n) is 5.23. The fourth-order valence-corrected chi connectivity index (χ4v) is 4.66. The first-order valence-electron chi connectivity index (χ1n) is 6.65. The summed E-state index contributed by atoms with van der Waals surface area (Å²) in [5.41, 5.74) is 0.479. The van der Waals surface area contributed by atoms with Crippen LogP contribution in [0.25, 0.3) is 0 Å². The van der Waals surface area contributed by atoms with Crippen LogP contribution in [0, 0.1) is 17.8 Å². The van der Waals surface area contributed by atoms with Gasteiger partial charge >= 0.3 is 0 Å². The van der Waals surface area contributed by atoms with Crippen LogP contribution >= 0.6 is 0 Å². The van der Waals surface area contributed by atoms with Crippen LogP contribution in [0.3, 0.4) is 0 Å². The molecule has 0 spiro atoms. The Hall–Kier alpha value is -1.64. The van der Waals surface area contributed by atoms with Crippen LogP contribution in [0.15, 0.2) is 30.3 Å². The van der Waals surface area contributed by atoms with Crippen molar-refractivity contribution < 1.29 is 9.59 Å². The number of amides is 2. The van der Waals surface area contributed by atoms with Crippen LogP contribution in [0.2, 0.25) is 0 Å². The zero-order valence-corrected chi connectivity index (χ0v) is 10.1. The van der Waals surface area contributed by atoms with Crippen LogP contribution < -0.4 is 5.32 Å². The highest BCUT2D eigenvalue weighted by atomic mass is 16.2. The molecule has 2 amide bonds. The van der Waals surface area contributed by atoms with E-state index in [9.17, 15) is 9.59 Å². The minimum atomic E-state index is -0.554. The summed E-state index contributed by atoms with van der Waals surface area (Å²) in [7, 11) is 0. The largest absolute Gasteiger partial charge is 0.295 e. The van der Waals surface area contributed by atoms with Gasteiger partial charge in [-0.1, -0.05) is 30.3 Å². The maximum absolute atomic E-state index is 12.4. The van der Waals surface area contributed by atoms with Gasteiger partial charge in [0.1, 0.15) is 0 Å². The molecule has 0 radical (unpaired) electrons. The van der Waals surface area contributed by atoms with Crippen molar-refractivity contribution in [3.63, 3.8) is 0 Å². The van der Waals surface area contributed by atoms with E-state index in [1.54, 1.807) is 0 Å². The molecule has 0 aromatic heterocycles. The Balaban J connectivity index is 1.95. The van der Waals surface area contributed by atoms with Crippen molar-refractivity contribution in [3.8, 4) is 0 Å². The molecule has 1 heterocycles. The smallest absolute Gasteiger partial charge is 0.238 e. The number of fused-ring (bicyclic) bond motifs is 5. The molecule has 2 aliphatic carbocycles. The van der Waals surface area contributed by atoms with E-state index in [1.165, 1.54) is 0 Å². The van der Waals surface area contributed by atoms with Gasteiger partial charge in [0.25, 0.3) is 0 Å². The standard InChI is InChI=1S/C15H15NO2/c17-13-12-9-6-7-11(8-9)15(12,14(18)16-13)10-4-2-1-3-5-10/h1-5,9,11-12H,6-8H2,(H,16,17,18)/t9-,11+,12+,15+/m1/s1. The third kappa shape index (κ3) is 0.972. The molecule has 2 saturated carbocycles. The number of hydrogen-bond acceptors (Lipinski definition) is 2. The van der Waals surface area contributed by atoms with E-state index in [2.05, 4.69) is 5.32 Å². The second-order valence-corrected chi connectivity index (χ2v) is 5.80. The average molecular weight is 241 g/mol. The molecule has 3 fully saturated rings. The van der Waals surface area contributed by atoms with Crippen LogP contribution in [-0.4, -0.2) is 11.8 Å². The summed E-state index contributed by atoms with van der Waals surface area (Å²) >= 11 is 0. The number of rotatable bonds is 1. The zero-order valence-electron chi connectivity index (χ0n) is 10.1. The van der Waals surface area contributed by atoms with Gasteiger partial charge in [-0.2, -0.15) is 0 Å². The van der Waals surface area contributed by atoms with Gasteiger partial charge in [-0.3, -0.25) is 14.9 Å². The first-order valence-corrected chi connectivity index (χ1v) is 6.65. The monoisotopic (exact) mass is 241 g/mol. The Morgan fingerprint density at radius 1 is 1.11 bits per heavy atom. The number of imide groups is 1. The van der Waals surface area contributed by atoms with E-state index < -0.39 is 5.41 Å². The highest BCUT2D eigenvalue weighted by molar-refractivity contribution is 6.11. The molecule has 1 aromatic carbocycles. The van der Waals surface area contributed by atoms with E-state index in [1.807, 2.05) is 30.3 Å². The van der Waals surface area contributed by atoms with Crippen molar-refractivity contribution in [1.29, 1.82) is 0 Å². The summed E-state index contributed by atoms with van der Waals surface area (Å²) in [6.07, 6.45) is 3.22. The molecule has 3 aliphatic rings. The molecule has 1 N–H and O–H groups in total. The van der Waals surface area contributed by atoms with Crippen molar-refractivity contribution in [2.45, 2.75) is 24.7 Å². The predicted molar refractivity (Wildman–Crippen MR) is 65.6 cm³/mol. The maximum Gasteiger partial charge on any atom is 0.238 e. The van der Waals surface area contributed by atoms with Gasteiger partial charge in [-0.15, -0.1) is 0 Å². The van der Waals surface area contributed by atoms with Crippen molar-refractivity contribution in [3.05, 3.63) is 35.9 Å². The number of hydrogen-bond donors (Lipinski definition) is 1. The molecule has 4 atom stereocenters. The zero-order chi connectivity index (χ0) is 12.3. The van der Waals surface area contributed by atoms with Crippen LogP contribution in [0.4, 0.5) is 0 Å². The fourth-order valence-electron chi connectivity index (χ4n) is 4.66. The van der Waals surface area contributed by atoms with Crippen LogP contribution in [0.5, 0.6) is 0 Å². The van der Waals surface area contributed by atoms with E-state index in [4.69, 9.17) is 0 Å². The van der Waals surface area contributed by atoms with Gasteiger partial charge in [0.2, 0.25) is 11.8 Å². The third-order valence-corrected chi connectivity index (χ3v) is 5.23. The topological polar surface area (TPSA) is 46.2 Å². The minimum absolute atomic E-state index is 0.0453. The first-order chi connectivity index (χ1) is 8.74. The summed E-state index contributed by atoms with van der Waals surface area (Å²) in [6.45, 7) is 0. The minimum Gasteiger partial charge on any atom is -0.295 e. The predicted octanol–water partition coefficient (Wildman–Crippen LogP) is 1.63. The van der Waals surface area contributed by atoms with Gasteiger partial charge in [0, 0.05) is 0 Å². The van der Waals surface area contributed by atoms with Crippen LogP contribution in [-0.2, 0) is 15.0 Å². The maximum atomic E-state index is 12.4. The number of carbonyl (C=O) groups excluding carboxylic acids is 2. The quantitative estimate of drug-likeness (QED) is 0.759. The van der Waals surface area contributed by atoms with Gasteiger partial charge in [0.15, 0.2) is 0 Å². The van der Waals surface area contributed by atoms with Gasteiger partial charge in [-0.25, -0.2) is 0 Å². The summed E-state index contributed by atoms with van der Waals surface area (Å²) in [5.74, 6) is 0.529.